The van der Waals surface area contributed by atoms with Crippen LogP contribution in [-0.2, 0) is 11.3 Å². The third-order valence-electron chi connectivity index (χ3n) is 4.17. The molecule has 0 aliphatic carbocycles. The molecule has 148 valence electrons. The van der Waals surface area contributed by atoms with Crippen molar-refractivity contribution in [2.45, 2.75) is 25.5 Å². The quantitative estimate of drug-likeness (QED) is 0.466. The fraction of sp³-hybridized carbons (Fsp3) is 0.316. The van der Waals surface area contributed by atoms with Gasteiger partial charge in [0.2, 0.25) is 5.91 Å². The molecule has 0 saturated carbocycles. The van der Waals surface area contributed by atoms with Gasteiger partial charge in [0, 0.05) is 18.3 Å². The first kappa shape index (κ1) is 19.8. The number of amides is 1. The SMILES string of the molecule is CCn1c(SCC(=O)Nc2cc(OC)ccc2OC)nc2cc(C)[nH]c2c1=O. The van der Waals surface area contributed by atoms with Gasteiger partial charge in [0.1, 0.15) is 17.0 Å². The van der Waals surface area contributed by atoms with Crippen LogP contribution in [0.3, 0.4) is 0 Å². The van der Waals surface area contributed by atoms with Gasteiger partial charge in [0.05, 0.1) is 31.2 Å². The Balaban J connectivity index is 1.79. The number of H-pyrrole nitrogens is 1. The summed E-state index contributed by atoms with van der Waals surface area (Å²) in [4.78, 5) is 32.7. The summed E-state index contributed by atoms with van der Waals surface area (Å²) in [7, 11) is 3.09. The van der Waals surface area contributed by atoms with E-state index in [4.69, 9.17) is 9.47 Å². The van der Waals surface area contributed by atoms with Crippen molar-refractivity contribution >= 4 is 34.4 Å². The lowest BCUT2D eigenvalue weighted by Gasteiger charge is -2.12. The van der Waals surface area contributed by atoms with Gasteiger partial charge < -0.3 is 19.8 Å². The van der Waals surface area contributed by atoms with E-state index in [0.29, 0.717) is 39.9 Å². The van der Waals surface area contributed by atoms with Crippen molar-refractivity contribution in [3.05, 3.63) is 40.3 Å². The number of carbonyl (C=O) groups is 1. The van der Waals surface area contributed by atoms with Crippen molar-refractivity contribution in [3.63, 3.8) is 0 Å². The maximum absolute atomic E-state index is 12.6. The third kappa shape index (κ3) is 3.99. The second kappa shape index (κ2) is 8.39. The summed E-state index contributed by atoms with van der Waals surface area (Å²) < 4.78 is 12.0. The van der Waals surface area contributed by atoms with Gasteiger partial charge in [-0.3, -0.25) is 14.2 Å². The first-order chi connectivity index (χ1) is 13.5. The molecule has 2 heterocycles. The summed E-state index contributed by atoms with van der Waals surface area (Å²) in [6.45, 7) is 4.21. The fourth-order valence-electron chi connectivity index (χ4n) is 2.83. The van der Waals surface area contributed by atoms with Crippen LogP contribution in [0.25, 0.3) is 11.0 Å². The number of aromatic amines is 1. The van der Waals surface area contributed by atoms with Crippen molar-refractivity contribution in [2.24, 2.45) is 0 Å². The predicted octanol–water partition coefficient (Wildman–Crippen LogP) is 2.80. The van der Waals surface area contributed by atoms with Crippen molar-refractivity contribution in [1.82, 2.24) is 14.5 Å². The van der Waals surface area contributed by atoms with Crippen molar-refractivity contribution in [3.8, 4) is 11.5 Å². The molecule has 0 atom stereocenters. The molecule has 8 nitrogen and oxygen atoms in total. The normalized spacial score (nSPS) is 10.9. The van der Waals surface area contributed by atoms with E-state index in [2.05, 4.69) is 15.3 Å². The highest BCUT2D eigenvalue weighted by atomic mass is 32.2. The Morgan fingerprint density at radius 1 is 1.29 bits per heavy atom. The van der Waals surface area contributed by atoms with E-state index in [1.165, 1.54) is 18.9 Å². The van der Waals surface area contributed by atoms with Gasteiger partial charge in [0.25, 0.3) is 5.56 Å². The zero-order valence-corrected chi connectivity index (χ0v) is 17.0. The molecular weight excluding hydrogens is 380 g/mol. The average Bonchev–Trinajstić information content (AvgIpc) is 3.07. The lowest BCUT2D eigenvalue weighted by atomic mass is 10.2. The maximum Gasteiger partial charge on any atom is 0.278 e. The Morgan fingerprint density at radius 3 is 2.75 bits per heavy atom. The molecule has 0 radical (unpaired) electrons. The monoisotopic (exact) mass is 402 g/mol. The van der Waals surface area contributed by atoms with Crippen LogP contribution in [0, 0.1) is 6.92 Å². The molecule has 0 spiro atoms. The number of hydrogen-bond donors (Lipinski definition) is 2. The van der Waals surface area contributed by atoms with Gasteiger partial charge >= 0.3 is 0 Å². The van der Waals surface area contributed by atoms with Crippen molar-refractivity contribution < 1.29 is 14.3 Å². The Morgan fingerprint density at radius 2 is 2.07 bits per heavy atom. The molecule has 0 bridgehead atoms. The summed E-state index contributed by atoms with van der Waals surface area (Å²) in [5.41, 5.74) is 2.33. The number of carbonyl (C=O) groups excluding carboxylic acids is 1. The number of anilines is 1. The third-order valence-corrected chi connectivity index (χ3v) is 5.14. The minimum absolute atomic E-state index is 0.0989. The van der Waals surface area contributed by atoms with Crippen LogP contribution in [0.5, 0.6) is 11.5 Å². The van der Waals surface area contributed by atoms with E-state index in [0.717, 1.165) is 5.69 Å². The summed E-state index contributed by atoms with van der Waals surface area (Å²) in [6, 6.07) is 6.99. The van der Waals surface area contributed by atoms with Crippen LogP contribution < -0.4 is 20.3 Å². The summed E-state index contributed by atoms with van der Waals surface area (Å²) in [5.74, 6) is 1.01. The highest BCUT2D eigenvalue weighted by Gasteiger charge is 2.15. The molecular formula is C19H22N4O4S. The summed E-state index contributed by atoms with van der Waals surface area (Å²) >= 11 is 1.21. The van der Waals surface area contributed by atoms with E-state index in [-0.39, 0.29) is 17.2 Å². The number of aryl methyl sites for hydroxylation is 1. The van der Waals surface area contributed by atoms with Crippen LogP contribution >= 0.6 is 11.8 Å². The van der Waals surface area contributed by atoms with Crippen LogP contribution in [0.4, 0.5) is 5.69 Å². The standard InChI is InChI=1S/C19H22N4O4S/c1-5-23-18(25)17-14(8-11(2)20-17)22-19(23)28-10-16(24)21-13-9-12(26-3)6-7-15(13)27-4/h6-9,20H,5,10H2,1-4H3,(H,21,24). The molecule has 2 N–H and O–H groups in total. The smallest absolute Gasteiger partial charge is 0.278 e. The molecule has 9 heteroatoms. The molecule has 1 amide bonds. The predicted molar refractivity (Wildman–Crippen MR) is 110 cm³/mol. The van der Waals surface area contributed by atoms with Gasteiger partial charge in [-0.05, 0) is 32.0 Å². The highest BCUT2D eigenvalue weighted by molar-refractivity contribution is 7.99. The maximum atomic E-state index is 12.6. The van der Waals surface area contributed by atoms with E-state index in [9.17, 15) is 9.59 Å². The van der Waals surface area contributed by atoms with E-state index in [1.807, 2.05) is 19.9 Å². The molecule has 0 saturated heterocycles. The lowest BCUT2D eigenvalue weighted by Crippen LogP contribution is -2.23. The van der Waals surface area contributed by atoms with E-state index >= 15 is 0 Å². The largest absolute Gasteiger partial charge is 0.497 e. The zero-order valence-electron chi connectivity index (χ0n) is 16.2. The van der Waals surface area contributed by atoms with Crippen molar-refractivity contribution in [1.29, 1.82) is 0 Å². The minimum atomic E-state index is -0.237. The summed E-state index contributed by atoms with van der Waals surface area (Å²) in [5, 5.41) is 3.32. The number of methoxy groups -OCH3 is 2. The number of nitrogens with zero attached hydrogens (tertiary/aromatic N) is 2. The van der Waals surface area contributed by atoms with Crippen molar-refractivity contribution in [2.75, 3.05) is 25.3 Å². The van der Waals surface area contributed by atoms with Gasteiger partial charge in [-0.1, -0.05) is 11.8 Å². The molecule has 3 rings (SSSR count). The first-order valence-corrected chi connectivity index (χ1v) is 9.70. The number of nitrogens with one attached hydrogen (secondary N) is 2. The Kier molecular flexibility index (Phi) is 5.93. The minimum Gasteiger partial charge on any atom is -0.497 e. The van der Waals surface area contributed by atoms with Crippen LogP contribution in [0.2, 0.25) is 0 Å². The number of ether oxygens (including phenoxy) is 2. The van der Waals surface area contributed by atoms with Gasteiger partial charge in [-0.25, -0.2) is 4.98 Å². The van der Waals surface area contributed by atoms with Crippen LogP contribution in [0.1, 0.15) is 12.6 Å². The Labute approximate surface area is 166 Å². The molecule has 1 aromatic carbocycles. The molecule has 0 aliphatic heterocycles. The molecule has 0 fully saturated rings. The van der Waals surface area contributed by atoms with E-state index in [1.54, 1.807) is 29.9 Å². The van der Waals surface area contributed by atoms with Gasteiger partial charge in [0.15, 0.2) is 5.16 Å². The number of fused-ring (bicyclic) bond motifs is 1. The van der Waals surface area contributed by atoms with Crippen LogP contribution in [-0.4, -0.2) is 40.4 Å². The molecule has 0 aliphatic rings. The average molecular weight is 402 g/mol. The second-order valence-electron chi connectivity index (χ2n) is 6.06. The van der Waals surface area contributed by atoms with Crippen LogP contribution in [0.15, 0.2) is 34.2 Å². The number of aromatic nitrogens is 3. The Hall–Kier alpha value is -2.94. The van der Waals surface area contributed by atoms with Gasteiger partial charge in [-0.15, -0.1) is 0 Å². The Bertz CT molecular complexity index is 1070. The highest BCUT2D eigenvalue weighted by Crippen LogP contribution is 2.29. The number of hydrogen-bond acceptors (Lipinski definition) is 6. The zero-order chi connectivity index (χ0) is 20.3. The lowest BCUT2D eigenvalue weighted by molar-refractivity contribution is -0.113. The second-order valence-corrected chi connectivity index (χ2v) is 7.00. The number of benzene rings is 1. The van der Waals surface area contributed by atoms with Gasteiger partial charge in [-0.2, -0.15) is 0 Å². The first-order valence-electron chi connectivity index (χ1n) is 8.71. The summed E-state index contributed by atoms with van der Waals surface area (Å²) in [6.07, 6.45) is 0. The molecule has 3 aromatic rings. The number of thioether (sulfide) groups is 1. The molecule has 28 heavy (non-hydrogen) atoms. The number of rotatable bonds is 7. The molecule has 0 unspecified atom stereocenters. The topological polar surface area (TPSA) is 98.2 Å². The molecule has 2 aromatic heterocycles. The fourth-order valence-corrected chi connectivity index (χ4v) is 3.69. The van der Waals surface area contributed by atoms with E-state index < -0.39 is 0 Å².